The van der Waals surface area contributed by atoms with Crippen LogP contribution in [0.15, 0.2) is 42.5 Å². The van der Waals surface area contributed by atoms with Crippen molar-refractivity contribution in [2.75, 3.05) is 26.2 Å². The molecule has 0 N–H and O–H groups in total. The van der Waals surface area contributed by atoms with Crippen LogP contribution in [0, 0.1) is 11.2 Å². The molecule has 0 aliphatic carbocycles. The van der Waals surface area contributed by atoms with Gasteiger partial charge in [-0.05, 0) is 74.1 Å². The summed E-state index contributed by atoms with van der Waals surface area (Å²) in [6.45, 7) is 8.45. The zero-order chi connectivity index (χ0) is 22.5. The van der Waals surface area contributed by atoms with E-state index in [-0.39, 0.29) is 17.3 Å². The van der Waals surface area contributed by atoms with E-state index in [0.717, 1.165) is 56.0 Å². The molecule has 1 atom stereocenters. The van der Waals surface area contributed by atoms with Crippen molar-refractivity contribution >= 4 is 17.6 Å². The Kier molecular flexibility index (Phi) is 5.67. The Hall–Kier alpha value is -2.11. The smallest absolute Gasteiger partial charge is 0.320 e. The second-order valence-electron chi connectivity index (χ2n) is 9.94. The topological polar surface area (TPSA) is 26.8 Å². The molecule has 32 heavy (non-hydrogen) atoms. The maximum atomic E-state index is 13.5. The van der Waals surface area contributed by atoms with Crippen LogP contribution in [-0.4, -0.2) is 53.0 Å². The van der Waals surface area contributed by atoms with Crippen molar-refractivity contribution < 1.29 is 9.18 Å². The van der Waals surface area contributed by atoms with Gasteiger partial charge in [0.25, 0.3) is 0 Å². The van der Waals surface area contributed by atoms with Gasteiger partial charge in [0.2, 0.25) is 0 Å². The number of rotatable bonds is 2. The lowest BCUT2D eigenvalue weighted by Gasteiger charge is -2.62. The standard InChI is InChI=1S/C26H31ClFN3O/c1-18(2)31-17-26(24(31)20-4-7-23(28)8-5-20)10-13-29(14-11-26)25(32)30-12-9-19-3-6-22(27)15-21(19)16-30/h3-8,15,18,24H,9-14,16-17H2,1-2H3. The lowest BCUT2D eigenvalue weighted by molar-refractivity contribution is -0.124. The third-order valence-electron chi connectivity index (χ3n) is 7.74. The number of fused-ring (bicyclic) bond motifs is 1. The van der Waals surface area contributed by atoms with Crippen molar-refractivity contribution in [2.24, 2.45) is 5.41 Å². The van der Waals surface area contributed by atoms with Gasteiger partial charge in [0, 0.05) is 55.2 Å². The summed E-state index contributed by atoms with van der Waals surface area (Å²) in [6, 6.07) is 13.9. The summed E-state index contributed by atoms with van der Waals surface area (Å²) in [6.07, 6.45) is 2.85. The van der Waals surface area contributed by atoms with E-state index >= 15 is 0 Å². The fraction of sp³-hybridized carbons (Fsp3) is 0.500. The SMILES string of the molecule is CC(C)N1CC2(CCN(C(=O)N3CCc4ccc(Cl)cc4C3)CC2)C1c1ccc(F)cc1. The van der Waals surface area contributed by atoms with Crippen LogP contribution in [0.1, 0.15) is 49.4 Å². The van der Waals surface area contributed by atoms with Crippen LogP contribution < -0.4 is 0 Å². The minimum absolute atomic E-state index is 0.142. The second-order valence-corrected chi connectivity index (χ2v) is 10.4. The Balaban J connectivity index is 1.27. The van der Waals surface area contributed by atoms with Gasteiger partial charge in [0.1, 0.15) is 5.82 Å². The average Bonchev–Trinajstić information content (AvgIpc) is 2.78. The molecular formula is C26H31ClFN3O. The maximum Gasteiger partial charge on any atom is 0.320 e. The number of carbonyl (C=O) groups is 1. The summed E-state index contributed by atoms with van der Waals surface area (Å²) in [5.41, 5.74) is 3.81. The number of piperidine rings is 1. The van der Waals surface area contributed by atoms with Crippen LogP contribution in [0.4, 0.5) is 9.18 Å². The summed E-state index contributed by atoms with van der Waals surface area (Å²) in [5, 5.41) is 0.726. The average molecular weight is 456 g/mol. The summed E-state index contributed by atoms with van der Waals surface area (Å²) < 4.78 is 13.5. The molecular weight excluding hydrogens is 425 g/mol. The van der Waals surface area contributed by atoms with Crippen molar-refractivity contribution in [2.45, 2.75) is 51.7 Å². The van der Waals surface area contributed by atoms with Gasteiger partial charge in [-0.15, -0.1) is 0 Å². The number of halogens is 2. The number of hydrogen-bond acceptors (Lipinski definition) is 2. The molecule has 0 radical (unpaired) electrons. The van der Waals surface area contributed by atoms with Gasteiger partial charge in [-0.2, -0.15) is 0 Å². The normalized spacial score (nSPS) is 22.7. The molecule has 2 aromatic carbocycles. The largest absolute Gasteiger partial charge is 0.325 e. The van der Waals surface area contributed by atoms with Crippen LogP contribution in [-0.2, 0) is 13.0 Å². The minimum Gasteiger partial charge on any atom is -0.325 e. The molecule has 2 amide bonds. The molecule has 2 saturated heterocycles. The van der Waals surface area contributed by atoms with Gasteiger partial charge in [-0.3, -0.25) is 4.90 Å². The van der Waals surface area contributed by atoms with E-state index < -0.39 is 0 Å². The first-order valence-electron chi connectivity index (χ1n) is 11.7. The quantitative estimate of drug-likeness (QED) is 0.597. The van der Waals surface area contributed by atoms with E-state index in [9.17, 15) is 9.18 Å². The highest BCUT2D eigenvalue weighted by Gasteiger charge is 2.55. The molecule has 3 heterocycles. The lowest BCUT2D eigenvalue weighted by atomic mass is 9.62. The first kappa shape index (κ1) is 21.7. The van der Waals surface area contributed by atoms with Crippen molar-refractivity contribution in [1.29, 1.82) is 0 Å². The van der Waals surface area contributed by atoms with Crippen LogP contribution in [0.5, 0.6) is 0 Å². The number of urea groups is 1. The zero-order valence-electron chi connectivity index (χ0n) is 18.9. The first-order valence-corrected chi connectivity index (χ1v) is 12.1. The van der Waals surface area contributed by atoms with Gasteiger partial charge >= 0.3 is 6.03 Å². The Morgan fingerprint density at radius 3 is 2.44 bits per heavy atom. The Morgan fingerprint density at radius 2 is 1.75 bits per heavy atom. The van der Waals surface area contributed by atoms with Gasteiger partial charge in [0.05, 0.1) is 0 Å². The van der Waals surface area contributed by atoms with Crippen molar-refractivity contribution in [3.05, 3.63) is 70.0 Å². The summed E-state index contributed by atoms with van der Waals surface area (Å²) in [5.74, 6) is -0.192. The monoisotopic (exact) mass is 455 g/mol. The molecule has 0 aromatic heterocycles. The number of hydrogen-bond donors (Lipinski definition) is 0. The molecule has 2 aromatic rings. The highest BCUT2D eigenvalue weighted by Crippen LogP contribution is 2.55. The number of nitrogens with zero attached hydrogens (tertiary/aromatic N) is 3. The van der Waals surface area contributed by atoms with Crippen LogP contribution in [0.2, 0.25) is 5.02 Å². The number of carbonyl (C=O) groups excluding carboxylic acids is 1. The zero-order valence-corrected chi connectivity index (χ0v) is 19.6. The Labute approximate surface area is 194 Å². The van der Waals surface area contributed by atoms with Crippen LogP contribution >= 0.6 is 11.6 Å². The van der Waals surface area contributed by atoms with E-state index in [2.05, 4.69) is 24.8 Å². The molecule has 0 bridgehead atoms. The third kappa shape index (κ3) is 3.80. The molecule has 3 aliphatic heterocycles. The number of amides is 2. The van der Waals surface area contributed by atoms with Crippen LogP contribution in [0.3, 0.4) is 0 Å². The molecule has 170 valence electrons. The van der Waals surface area contributed by atoms with E-state index in [4.69, 9.17) is 11.6 Å². The van der Waals surface area contributed by atoms with Gasteiger partial charge < -0.3 is 9.80 Å². The molecule has 1 spiro atoms. The summed E-state index contributed by atoms with van der Waals surface area (Å²) in [7, 11) is 0. The fourth-order valence-electron chi connectivity index (χ4n) is 5.92. The van der Waals surface area contributed by atoms with Gasteiger partial charge in [-0.25, -0.2) is 9.18 Å². The van der Waals surface area contributed by atoms with E-state index in [1.807, 2.05) is 34.1 Å². The van der Waals surface area contributed by atoms with Gasteiger partial charge in [-0.1, -0.05) is 29.8 Å². The Bertz CT molecular complexity index is 1000. The molecule has 0 saturated carbocycles. The third-order valence-corrected chi connectivity index (χ3v) is 7.97. The second kappa shape index (κ2) is 8.35. The van der Waals surface area contributed by atoms with Gasteiger partial charge in [0.15, 0.2) is 0 Å². The molecule has 3 aliphatic rings. The lowest BCUT2D eigenvalue weighted by Crippen LogP contribution is -2.64. The fourth-order valence-corrected chi connectivity index (χ4v) is 6.11. The summed E-state index contributed by atoms with van der Waals surface area (Å²) in [4.78, 5) is 19.8. The van der Waals surface area contributed by atoms with E-state index in [0.29, 0.717) is 18.6 Å². The van der Waals surface area contributed by atoms with E-state index in [1.54, 1.807) is 12.1 Å². The van der Waals surface area contributed by atoms with Crippen molar-refractivity contribution in [3.63, 3.8) is 0 Å². The molecule has 5 rings (SSSR count). The summed E-state index contributed by atoms with van der Waals surface area (Å²) >= 11 is 6.17. The first-order chi connectivity index (χ1) is 15.4. The van der Waals surface area contributed by atoms with Crippen molar-refractivity contribution in [1.82, 2.24) is 14.7 Å². The molecule has 1 unspecified atom stereocenters. The highest BCUT2D eigenvalue weighted by molar-refractivity contribution is 6.30. The highest BCUT2D eigenvalue weighted by atomic mass is 35.5. The van der Waals surface area contributed by atoms with Crippen molar-refractivity contribution in [3.8, 4) is 0 Å². The minimum atomic E-state index is -0.192. The predicted octanol–water partition coefficient (Wildman–Crippen LogP) is 5.50. The molecule has 4 nitrogen and oxygen atoms in total. The van der Waals surface area contributed by atoms with Crippen LogP contribution in [0.25, 0.3) is 0 Å². The number of benzene rings is 2. The maximum absolute atomic E-state index is 13.5. The number of likely N-dealkylation sites (tertiary alicyclic amines) is 2. The Morgan fingerprint density at radius 1 is 1.03 bits per heavy atom. The van der Waals surface area contributed by atoms with E-state index in [1.165, 1.54) is 11.1 Å². The molecule has 2 fully saturated rings. The molecule has 6 heteroatoms. The predicted molar refractivity (Wildman–Crippen MR) is 125 cm³/mol.